The Labute approximate surface area is 141 Å². The van der Waals surface area contributed by atoms with Crippen LogP contribution >= 0.6 is 0 Å². The first-order valence-electron chi connectivity index (χ1n) is 8.59. The zero-order valence-electron chi connectivity index (χ0n) is 15.5. The Morgan fingerprint density at radius 1 is 0.913 bits per heavy atom. The highest BCUT2D eigenvalue weighted by Crippen LogP contribution is 2.28. The fraction of sp³-hybridized carbons (Fsp3) is 0.455. The van der Waals surface area contributed by atoms with E-state index in [1.165, 1.54) is 33.4 Å². The summed E-state index contributed by atoms with van der Waals surface area (Å²) in [6.45, 7) is 14.0. The molecule has 0 aromatic heterocycles. The van der Waals surface area contributed by atoms with Gasteiger partial charge in [0.2, 0.25) is 0 Å². The van der Waals surface area contributed by atoms with Crippen LogP contribution in [0, 0.1) is 20.8 Å². The second-order valence-electron chi connectivity index (χ2n) is 7.89. The summed E-state index contributed by atoms with van der Waals surface area (Å²) in [5.74, 6) is 0.379. The molecule has 2 N–H and O–H groups in total. The highest BCUT2D eigenvalue weighted by atomic mass is 14.5. The van der Waals surface area contributed by atoms with Crippen LogP contribution in [0.5, 0.6) is 0 Å². The largest absolute Gasteiger partial charge is 0.330 e. The highest BCUT2D eigenvalue weighted by Gasteiger charge is 2.17. The standard InChI is InChI=1S/C22H31N/c1-15-11-16(2)21(17(3)12-15)13-19(14-23)18-7-9-20(10-8-18)22(4,5)6/h7-12,19H,13-14,23H2,1-6H3. The molecule has 0 saturated carbocycles. The van der Waals surface area contributed by atoms with Gasteiger partial charge in [0.1, 0.15) is 0 Å². The predicted molar refractivity (Wildman–Crippen MR) is 101 cm³/mol. The summed E-state index contributed by atoms with van der Waals surface area (Å²) in [6.07, 6.45) is 1.02. The van der Waals surface area contributed by atoms with Crippen LogP contribution < -0.4 is 5.73 Å². The number of hydrogen-bond acceptors (Lipinski definition) is 1. The molecule has 0 saturated heterocycles. The zero-order chi connectivity index (χ0) is 17.2. The van der Waals surface area contributed by atoms with Crippen LogP contribution in [0.2, 0.25) is 0 Å². The third-order valence-electron chi connectivity index (χ3n) is 4.82. The van der Waals surface area contributed by atoms with Crippen molar-refractivity contribution in [2.45, 2.75) is 59.3 Å². The molecule has 0 heterocycles. The summed E-state index contributed by atoms with van der Waals surface area (Å²) >= 11 is 0. The maximum atomic E-state index is 6.11. The highest BCUT2D eigenvalue weighted by molar-refractivity contribution is 5.39. The topological polar surface area (TPSA) is 26.0 Å². The lowest BCUT2D eigenvalue weighted by molar-refractivity contribution is 0.589. The molecule has 1 nitrogen and oxygen atoms in total. The molecule has 0 aliphatic carbocycles. The summed E-state index contributed by atoms with van der Waals surface area (Å²) in [6, 6.07) is 13.6. The third kappa shape index (κ3) is 4.23. The number of nitrogens with two attached hydrogens (primary N) is 1. The minimum Gasteiger partial charge on any atom is -0.330 e. The van der Waals surface area contributed by atoms with Crippen molar-refractivity contribution in [1.82, 2.24) is 0 Å². The van der Waals surface area contributed by atoms with Gasteiger partial charge < -0.3 is 5.73 Å². The first-order valence-corrected chi connectivity index (χ1v) is 8.59. The van der Waals surface area contributed by atoms with Crippen LogP contribution in [-0.4, -0.2) is 6.54 Å². The fourth-order valence-corrected chi connectivity index (χ4v) is 3.37. The van der Waals surface area contributed by atoms with Crippen LogP contribution in [0.4, 0.5) is 0 Å². The molecule has 0 aliphatic heterocycles. The summed E-state index contributed by atoms with van der Waals surface area (Å²) in [4.78, 5) is 0. The van der Waals surface area contributed by atoms with Crippen molar-refractivity contribution in [3.05, 3.63) is 69.8 Å². The summed E-state index contributed by atoms with van der Waals surface area (Å²) in [7, 11) is 0. The van der Waals surface area contributed by atoms with E-state index in [2.05, 4.69) is 77.9 Å². The third-order valence-corrected chi connectivity index (χ3v) is 4.82. The summed E-state index contributed by atoms with van der Waals surface area (Å²) in [5, 5.41) is 0. The van der Waals surface area contributed by atoms with Gasteiger partial charge in [0.25, 0.3) is 0 Å². The molecule has 1 atom stereocenters. The van der Waals surface area contributed by atoms with Gasteiger partial charge in [-0.2, -0.15) is 0 Å². The molecule has 23 heavy (non-hydrogen) atoms. The zero-order valence-corrected chi connectivity index (χ0v) is 15.5. The molecule has 2 aromatic carbocycles. The van der Waals surface area contributed by atoms with Crippen molar-refractivity contribution < 1.29 is 0 Å². The Morgan fingerprint density at radius 3 is 1.87 bits per heavy atom. The average Bonchev–Trinajstić information content (AvgIpc) is 2.46. The van der Waals surface area contributed by atoms with Gasteiger partial charge in [-0.3, -0.25) is 0 Å². The molecule has 0 spiro atoms. The molecule has 0 aliphatic rings. The quantitative estimate of drug-likeness (QED) is 0.826. The van der Waals surface area contributed by atoms with E-state index in [9.17, 15) is 0 Å². The summed E-state index contributed by atoms with van der Waals surface area (Å²) in [5.41, 5.74) is 14.6. The van der Waals surface area contributed by atoms with Crippen LogP contribution in [0.25, 0.3) is 0 Å². The lowest BCUT2D eigenvalue weighted by atomic mass is 9.83. The Morgan fingerprint density at radius 2 is 1.43 bits per heavy atom. The van der Waals surface area contributed by atoms with E-state index < -0.39 is 0 Å². The van der Waals surface area contributed by atoms with Gasteiger partial charge in [-0.1, -0.05) is 62.7 Å². The molecule has 1 unspecified atom stereocenters. The first-order chi connectivity index (χ1) is 10.7. The number of rotatable bonds is 4. The molecule has 124 valence electrons. The first kappa shape index (κ1) is 17.7. The van der Waals surface area contributed by atoms with E-state index in [0.717, 1.165) is 6.42 Å². The van der Waals surface area contributed by atoms with Gasteiger partial charge in [0, 0.05) is 5.92 Å². The Bertz CT molecular complexity index is 636. The normalized spacial score (nSPS) is 13.2. The monoisotopic (exact) mass is 309 g/mol. The van der Waals surface area contributed by atoms with Gasteiger partial charge in [0.05, 0.1) is 0 Å². The van der Waals surface area contributed by atoms with Crippen molar-refractivity contribution in [2.75, 3.05) is 6.54 Å². The van der Waals surface area contributed by atoms with E-state index >= 15 is 0 Å². The number of hydrogen-bond donors (Lipinski definition) is 1. The number of aryl methyl sites for hydroxylation is 3. The Kier molecular flexibility index (Phi) is 5.31. The van der Waals surface area contributed by atoms with E-state index in [1.54, 1.807) is 0 Å². The fourth-order valence-electron chi connectivity index (χ4n) is 3.37. The van der Waals surface area contributed by atoms with Crippen LogP contribution in [0.3, 0.4) is 0 Å². The van der Waals surface area contributed by atoms with Crippen molar-refractivity contribution in [2.24, 2.45) is 5.73 Å². The van der Waals surface area contributed by atoms with Gasteiger partial charge in [0.15, 0.2) is 0 Å². The lowest BCUT2D eigenvalue weighted by Gasteiger charge is -2.22. The predicted octanol–water partition coefficient (Wildman–Crippen LogP) is 5.19. The van der Waals surface area contributed by atoms with Crippen LogP contribution in [0.15, 0.2) is 36.4 Å². The van der Waals surface area contributed by atoms with Crippen molar-refractivity contribution in [1.29, 1.82) is 0 Å². The molecule has 0 amide bonds. The molecule has 2 aromatic rings. The molecule has 0 fully saturated rings. The minimum atomic E-state index is 0.195. The Hall–Kier alpha value is -1.60. The van der Waals surface area contributed by atoms with Crippen molar-refractivity contribution in [3.8, 4) is 0 Å². The van der Waals surface area contributed by atoms with E-state index in [1.807, 2.05) is 0 Å². The molecule has 0 radical (unpaired) electrons. The molecular formula is C22H31N. The second kappa shape index (κ2) is 6.88. The van der Waals surface area contributed by atoms with E-state index in [-0.39, 0.29) is 5.41 Å². The maximum Gasteiger partial charge on any atom is 0.000177 e. The van der Waals surface area contributed by atoms with Gasteiger partial charge in [-0.25, -0.2) is 0 Å². The van der Waals surface area contributed by atoms with Gasteiger partial charge in [-0.15, -0.1) is 0 Å². The molecular weight excluding hydrogens is 278 g/mol. The number of benzene rings is 2. The van der Waals surface area contributed by atoms with Crippen LogP contribution in [0.1, 0.15) is 60.1 Å². The SMILES string of the molecule is Cc1cc(C)c(CC(CN)c2ccc(C(C)(C)C)cc2)c(C)c1. The lowest BCUT2D eigenvalue weighted by Crippen LogP contribution is -2.17. The van der Waals surface area contributed by atoms with E-state index in [0.29, 0.717) is 12.5 Å². The van der Waals surface area contributed by atoms with Crippen LogP contribution in [-0.2, 0) is 11.8 Å². The maximum absolute atomic E-state index is 6.11. The molecule has 0 bridgehead atoms. The Balaban J connectivity index is 2.27. The minimum absolute atomic E-state index is 0.195. The second-order valence-corrected chi connectivity index (χ2v) is 7.89. The smallest absolute Gasteiger partial charge is 0.000177 e. The van der Waals surface area contributed by atoms with Gasteiger partial charge in [-0.05, 0) is 67.0 Å². The van der Waals surface area contributed by atoms with Crippen molar-refractivity contribution >= 4 is 0 Å². The molecule has 2 rings (SSSR count). The molecule has 1 heteroatoms. The average molecular weight is 309 g/mol. The van der Waals surface area contributed by atoms with E-state index in [4.69, 9.17) is 5.73 Å². The summed E-state index contributed by atoms with van der Waals surface area (Å²) < 4.78 is 0. The van der Waals surface area contributed by atoms with Gasteiger partial charge >= 0.3 is 0 Å². The van der Waals surface area contributed by atoms with Crippen molar-refractivity contribution in [3.63, 3.8) is 0 Å².